The van der Waals surface area contributed by atoms with Crippen molar-refractivity contribution in [1.29, 1.82) is 0 Å². The molecule has 1 heterocycles. The Bertz CT molecular complexity index is 664. The number of amides is 1. The van der Waals surface area contributed by atoms with Gasteiger partial charge in [-0.2, -0.15) is 0 Å². The normalized spacial score (nSPS) is 15.5. The summed E-state index contributed by atoms with van der Waals surface area (Å²) in [5, 5.41) is 2.98. The van der Waals surface area contributed by atoms with E-state index in [1.807, 2.05) is 30.3 Å². The van der Waals surface area contributed by atoms with E-state index in [0.717, 1.165) is 37.6 Å². The zero-order valence-corrected chi connectivity index (χ0v) is 12.6. The largest absolute Gasteiger partial charge is 0.370 e. The molecule has 1 saturated heterocycles. The maximum absolute atomic E-state index is 13.4. The van der Waals surface area contributed by atoms with Gasteiger partial charge in [0, 0.05) is 24.8 Å². The lowest BCUT2D eigenvalue weighted by Gasteiger charge is -2.25. The molecule has 2 aromatic rings. The molecule has 3 nitrogen and oxygen atoms in total. The first-order chi connectivity index (χ1) is 11.1. The predicted octanol–water partition coefficient (Wildman–Crippen LogP) is 3.74. The molecule has 0 spiro atoms. The predicted molar refractivity (Wildman–Crippen MR) is 85.0 cm³/mol. The van der Waals surface area contributed by atoms with Crippen molar-refractivity contribution < 1.29 is 13.6 Å². The molecule has 120 valence electrons. The molecule has 23 heavy (non-hydrogen) atoms. The highest BCUT2D eigenvalue weighted by Gasteiger charge is 2.27. The monoisotopic (exact) mass is 316 g/mol. The van der Waals surface area contributed by atoms with Gasteiger partial charge in [0.15, 0.2) is 0 Å². The number of carbonyl (C=O) groups excluding carboxylic acids is 1. The zero-order chi connectivity index (χ0) is 16.2. The summed E-state index contributed by atoms with van der Waals surface area (Å²) in [6, 6.07) is 11.7. The summed E-state index contributed by atoms with van der Waals surface area (Å²) < 4.78 is 26.8. The van der Waals surface area contributed by atoms with Gasteiger partial charge in [-0.25, -0.2) is 8.78 Å². The first-order valence-electron chi connectivity index (χ1n) is 7.70. The molecule has 0 bridgehead atoms. The number of nitrogens with one attached hydrogen (secondary N) is 1. The van der Waals surface area contributed by atoms with E-state index in [4.69, 9.17) is 0 Å². The van der Waals surface area contributed by atoms with Crippen molar-refractivity contribution in [2.24, 2.45) is 0 Å². The summed E-state index contributed by atoms with van der Waals surface area (Å²) in [5.74, 6) is -1.42. The zero-order valence-electron chi connectivity index (χ0n) is 12.6. The highest BCUT2D eigenvalue weighted by molar-refractivity contribution is 5.86. The smallest absolute Gasteiger partial charge is 0.249 e. The lowest BCUT2D eigenvalue weighted by atomic mass is 10.0. The van der Waals surface area contributed by atoms with E-state index in [-0.39, 0.29) is 11.6 Å². The molecule has 0 radical (unpaired) electrons. The molecular weight excluding hydrogens is 298 g/mol. The number of rotatable bonds is 4. The summed E-state index contributed by atoms with van der Waals surface area (Å²) in [6.07, 6.45) is 1.98. The third-order valence-corrected chi connectivity index (χ3v) is 3.97. The highest BCUT2D eigenvalue weighted by Crippen LogP contribution is 2.25. The van der Waals surface area contributed by atoms with E-state index in [9.17, 15) is 13.6 Å². The molecule has 0 unspecified atom stereocenters. The summed E-state index contributed by atoms with van der Waals surface area (Å²) >= 11 is 0. The third-order valence-electron chi connectivity index (χ3n) is 3.97. The molecule has 1 aliphatic rings. The quantitative estimate of drug-likeness (QED) is 0.932. The molecule has 0 aromatic heterocycles. The number of carbonyl (C=O) groups is 1. The molecule has 1 atom stereocenters. The van der Waals surface area contributed by atoms with Crippen LogP contribution in [-0.2, 0) is 4.79 Å². The first-order valence-corrected chi connectivity index (χ1v) is 7.70. The van der Waals surface area contributed by atoms with Crippen molar-refractivity contribution in [3.05, 3.63) is 65.7 Å². The van der Waals surface area contributed by atoms with Gasteiger partial charge < -0.3 is 10.2 Å². The minimum atomic E-state index is -0.673. The number of anilines is 1. The van der Waals surface area contributed by atoms with Crippen LogP contribution in [0.15, 0.2) is 48.5 Å². The van der Waals surface area contributed by atoms with Crippen molar-refractivity contribution >= 4 is 11.6 Å². The first kappa shape index (κ1) is 15.5. The minimum absolute atomic E-state index is 0.0710. The van der Waals surface area contributed by atoms with Crippen molar-refractivity contribution in [2.75, 3.05) is 18.4 Å². The van der Waals surface area contributed by atoms with Crippen LogP contribution in [0, 0.1) is 11.6 Å². The molecule has 1 N–H and O–H groups in total. The fourth-order valence-electron chi connectivity index (χ4n) is 2.86. The Morgan fingerprint density at radius 3 is 2.22 bits per heavy atom. The second-order valence-corrected chi connectivity index (χ2v) is 5.68. The van der Waals surface area contributed by atoms with Crippen molar-refractivity contribution in [2.45, 2.75) is 18.9 Å². The number of nitrogens with zero attached hydrogens (tertiary/aromatic N) is 1. The fraction of sp³-hybridized carbons (Fsp3) is 0.278. The standard InChI is InChI=1S/C18H18F2N2O/c19-14-10-15(20)12-16(11-14)21-17(13-6-2-1-3-7-13)18(23)22-8-4-5-9-22/h1-3,6-7,10-12,17,21H,4-5,8-9H2/t17-/m0/s1. The Morgan fingerprint density at radius 1 is 1.00 bits per heavy atom. The van der Waals surface area contributed by atoms with Crippen LogP contribution in [0.3, 0.4) is 0 Å². The van der Waals surface area contributed by atoms with Crippen molar-refractivity contribution in [1.82, 2.24) is 4.90 Å². The van der Waals surface area contributed by atoms with Crippen LogP contribution in [0.1, 0.15) is 24.4 Å². The van der Waals surface area contributed by atoms with Crippen LogP contribution in [-0.4, -0.2) is 23.9 Å². The molecular formula is C18H18F2N2O. The third kappa shape index (κ3) is 3.67. The van der Waals surface area contributed by atoms with Crippen LogP contribution in [0.2, 0.25) is 0 Å². The minimum Gasteiger partial charge on any atom is -0.370 e. The Morgan fingerprint density at radius 2 is 1.61 bits per heavy atom. The maximum Gasteiger partial charge on any atom is 0.249 e. The lowest BCUT2D eigenvalue weighted by Crippen LogP contribution is -2.36. The second kappa shape index (κ2) is 6.77. The molecule has 5 heteroatoms. The SMILES string of the molecule is O=C([C@@H](Nc1cc(F)cc(F)c1)c1ccccc1)N1CCCC1. The molecule has 1 amide bonds. The van der Waals surface area contributed by atoms with Gasteiger partial charge in [0.05, 0.1) is 0 Å². The number of hydrogen-bond acceptors (Lipinski definition) is 2. The molecule has 3 rings (SSSR count). The van der Waals surface area contributed by atoms with Gasteiger partial charge in [-0.15, -0.1) is 0 Å². The van der Waals surface area contributed by atoms with Crippen molar-refractivity contribution in [3.63, 3.8) is 0 Å². The van der Waals surface area contributed by atoms with Crippen LogP contribution in [0.4, 0.5) is 14.5 Å². The van der Waals surface area contributed by atoms with Gasteiger partial charge in [0.25, 0.3) is 0 Å². The number of hydrogen-bond donors (Lipinski definition) is 1. The van der Waals surface area contributed by atoms with Gasteiger partial charge in [-0.3, -0.25) is 4.79 Å². The van der Waals surface area contributed by atoms with E-state index in [1.54, 1.807) is 4.90 Å². The van der Waals surface area contributed by atoms with E-state index in [0.29, 0.717) is 0 Å². The number of halogens is 2. The Kier molecular flexibility index (Phi) is 4.55. The van der Waals surface area contributed by atoms with Crippen LogP contribution in [0.5, 0.6) is 0 Å². The van der Waals surface area contributed by atoms with Gasteiger partial charge >= 0.3 is 0 Å². The van der Waals surface area contributed by atoms with Gasteiger partial charge in [-0.1, -0.05) is 30.3 Å². The molecule has 1 aliphatic heterocycles. The maximum atomic E-state index is 13.4. The average molecular weight is 316 g/mol. The number of benzene rings is 2. The van der Waals surface area contributed by atoms with Gasteiger partial charge in [0.1, 0.15) is 17.7 Å². The Balaban J connectivity index is 1.90. The molecule has 0 aliphatic carbocycles. The highest BCUT2D eigenvalue weighted by atomic mass is 19.1. The lowest BCUT2D eigenvalue weighted by molar-refractivity contribution is -0.131. The van der Waals surface area contributed by atoms with E-state index < -0.39 is 17.7 Å². The van der Waals surface area contributed by atoms with Crippen LogP contribution in [0.25, 0.3) is 0 Å². The van der Waals surface area contributed by atoms with E-state index in [1.165, 1.54) is 12.1 Å². The van der Waals surface area contributed by atoms with Crippen LogP contribution >= 0.6 is 0 Å². The van der Waals surface area contributed by atoms with E-state index in [2.05, 4.69) is 5.32 Å². The summed E-state index contributed by atoms with van der Waals surface area (Å²) in [7, 11) is 0. The second-order valence-electron chi connectivity index (χ2n) is 5.68. The Labute approximate surface area is 133 Å². The summed E-state index contributed by atoms with van der Waals surface area (Å²) in [5.41, 5.74) is 1.03. The molecule has 1 fully saturated rings. The van der Waals surface area contributed by atoms with Gasteiger partial charge in [0.2, 0.25) is 5.91 Å². The summed E-state index contributed by atoms with van der Waals surface area (Å²) in [4.78, 5) is 14.6. The van der Waals surface area contributed by atoms with Gasteiger partial charge in [-0.05, 0) is 30.5 Å². The van der Waals surface area contributed by atoms with E-state index >= 15 is 0 Å². The van der Waals surface area contributed by atoms with Crippen molar-refractivity contribution in [3.8, 4) is 0 Å². The van der Waals surface area contributed by atoms with Crippen LogP contribution < -0.4 is 5.32 Å². The summed E-state index contributed by atoms with van der Waals surface area (Å²) in [6.45, 7) is 1.45. The Hall–Kier alpha value is -2.43. The molecule has 2 aromatic carbocycles. The topological polar surface area (TPSA) is 32.3 Å². The number of likely N-dealkylation sites (tertiary alicyclic amines) is 1. The fourth-order valence-corrected chi connectivity index (χ4v) is 2.86. The average Bonchev–Trinajstić information content (AvgIpc) is 3.06. The molecule has 0 saturated carbocycles.